The molecule has 1 heterocycles. The maximum atomic E-state index is 5.74. The molecule has 13 heavy (non-hydrogen) atoms. The number of nitrogen functional groups attached to an aromatic ring is 1. The van der Waals surface area contributed by atoms with E-state index in [-0.39, 0.29) is 0 Å². The van der Waals surface area contributed by atoms with Gasteiger partial charge in [-0.2, -0.15) is 0 Å². The van der Waals surface area contributed by atoms with E-state index in [1.54, 1.807) is 24.2 Å². The van der Waals surface area contributed by atoms with Crippen LogP contribution in [-0.4, -0.2) is 24.3 Å². The molecule has 0 aromatic carbocycles. The Hall–Kier alpha value is -0.740. The van der Waals surface area contributed by atoms with Gasteiger partial charge in [-0.1, -0.05) is 0 Å². The van der Waals surface area contributed by atoms with E-state index in [1.807, 2.05) is 13.1 Å². The van der Waals surface area contributed by atoms with Crippen LogP contribution in [0.4, 0.5) is 5.69 Å². The monoisotopic (exact) mass is 197 g/mol. The van der Waals surface area contributed by atoms with Crippen molar-refractivity contribution in [2.45, 2.75) is 11.3 Å². The van der Waals surface area contributed by atoms with Gasteiger partial charge in [0.15, 0.2) is 0 Å². The summed E-state index contributed by atoms with van der Waals surface area (Å²) in [5, 5.41) is 3.11. The number of nitrogens with two attached hydrogens (primary N) is 1. The minimum absolute atomic E-state index is 0.775. The van der Waals surface area contributed by atoms with Crippen molar-refractivity contribution < 1.29 is 0 Å². The van der Waals surface area contributed by atoms with Crippen LogP contribution < -0.4 is 11.1 Å². The highest BCUT2D eigenvalue weighted by molar-refractivity contribution is 7.99. The Balaban J connectivity index is 2.32. The second-order valence-corrected chi connectivity index (χ2v) is 3.86. The number of thioether (sulfide) groups is 1. The van der Waals surface area contributed by atoms with Gasteiger partial charge in [-0.05, 0) is 31.8 Å². The molecule has 0 saturated carbocycles. The standard InChI is InChI=1S/C9H15N3S/c1-11-4-2-6-13-9-3-5-12-7-8(9)10/h3,5,7,11H,2,4,6,10H2,1H3. The van der Waals surface area contributed by atoms with Crippen LogP contribution in [0.3, 0.4) is 0 Å². The summed E-state index contributed by atoms with van der Waals surface area (Å²) in [5.74, 6) is 1.09. The Bertz CT molecular complexity index is 252. The highest BCUT2D eigenvalue weighted by atomic mass is 32.2. The summed E-state index contributed by atoms with van der Waals surface area (Å²) in [7, 11) is 1.96. The predicted octanol–water partition coefficient (Wildman–Crippen LogP) is 1.37. The van der Waals surface area contributed by atoms with Crippen LogP contribution in [-0.2, 0) is 0 Å². The van der Waals surface area contributed by atoms with Gasteiger partial charge >= 0.3 is 0 Å². The van der Waals surface area contributed by atoms with Gasteiger partial charge in [0, 0.05) is 11.1 Å². The molecule has 1 aromatic heterocycles. The lowest BCUT2D eigenvalue weighted by Gasteiger charge is -2.03. The molecule has 3 nitrogen and oxygen atoms in total. The third-order valence-electron chi connectivity index (χ3n) is 1.64. The van der Waals surface area contributed by atoms with E-state index in [9.17, 15) is 0 Å². The highest BCUT2D eigenvalue weighted by Gasteiger charge is 1.97. The zero-order valence-electron chi connectivity index (χ0n) is 7.79. The summed E-state index contributed by atoms with van der Waals surface area (Å²) in [6, 6.07) is 1.96. The zero-order valence-corrected chi connectivity index (χ0v) is 8.60. The summed E-state index contributed by atoms with van der Waals surface area (Å²) in [5.41, 5.74) is 6.51. The highest BCUT2D eigenvalue weighted by Crippen LogP contribution is 2.23. The van der Waals surface area contributed by atoms with E-state index in [1.165, 1.54) is 0 Å². The summed E-state index contributed by atoms with van der Waals surface area (Å²) >= 11 is 1.78. The van der Waals surface area contributed by atoms with E-state index in [4.69, 9.17) is 5.73 Å². The summed E-state index contributed by atoms with van der Waals surface area (Å²) in [6.07, 6.45) is 4.63. The smallest absolute Gasteiger partial charge is 0.0638 e. The topological polar surface area (TPSA) is 50.9 Å². The molecule has 0 aliphatic carbocycles. The van der Waals surface area contributed by atoms with Gasteiger partial charge < -0.3 is 11.1 Å². The molecular formula is C9H15N3S. The fourth-order valence-corrected chi connectivity index (χ4v) is 1.84. The average Bonchev–Trinajstić information content (AvgIpc) is 2.15. The maximum Gasteiger partial charge on any atom is 0.0638 e. The number of nitrogens with zero attached hydrogens (tertiary/aromatic N) is 1. The molecule has 0 unspecified atom stereocenters. The molecule has 72 valence electrons. The van der Waals surface area contributed by atoms with Crippen LogP contribution in [0.5, 0.6) is 0 Å². The third kappa shape index (κ3) is 3.65. The Kier molecular flexibility index (Phi) is 4.64. The van der Waals surface area contributed by atoms with Gasteiger partial charge in [0.2, 0.25) is 0 Å². The first-order chi connectivity index (χ1) is 6.34. The van der Waals surface area contributed by atoms with Crippen molar-refractivity contribution in [3.63, 3.8) is 0 Å². The first-order valence-electron chi connectivity index (χ1n) is 4.31. The molecule has 0 amide bonds. The number of anilines is 1. The molecule has 1 aromatic rings. The van der Waals surface area contributed by atoms with Crippen LogP contribution in [0.1, 0.15) is 6.42 Å². The summed E-state index contributed by atoms with van der Waals surface area (Å²) < 4.78 is 0. The molecule has 0 atom stereocenters. The lowest BCUT2D eigenvalue weighted by atomic mass is 10.4. The van der Waals surface area contributed by atoms with Gasteiger partial charge in [-0.3, -0.25) is 4.98 Å². The predicted molar refractivity (Wildman–Crippen MR) is 57.9 cm³/mol. The number of nitrogens with one attached hydrogen (secondary N) is 1. The number of rotatable bonds is 5. The van der Waals surface area contributed by atoms with E-state index in [0.29, 0.717) is 0 Å². The second kappa shape index (κ2) is 5.83. The van der Waals surface area contributed by atoms with Gasteiger partial charge in [0.1, 0.15) is 0 Å². The van der Waals surface area contributed by atoms with E-state index in [2.05, 4.69) is 10.3 Å². The Labute approximate surface area is 83.1 Å². The molecule has 0 saturated heterocycles. The largest absolute Gasteiger partial charge is 0.397 e. The van der Waals surface area contributed by atoms with Crippen LogP contribution in [0.15, 0.2) is 23.4 Å². The van der Waals surface area contributed by atoms with E-state index in [0.717, 1.165) is 29.3 Å². The lowest BCUT2D eigenvalue weighted by molar-refractivity contribution is 0.778. The molecule has 0 fully saturated rings. The lowest BCUT2D eigenvalue weighted by Crippen LogP contribution is -2.08. The Morgan fingerprint density at radius 3 is 3.15 bits per heavy atom. The van der Waals surface area contributed by atoms with Crippen molar-refractivity contribution >= 4 is 17.4 Å². The van der Waals surface area contributed by atoms with Crippen molar-refractivity contribution in [3.05, 3.63) is 18.5 Å². The van der Waals surface area contributed by atoms with Crippen molar-refractivity contribution in [3.8, 4) is 0 Å². The summed E-state index contributed by atoms with van der Waals surface area (Å²) in [4.78, 5) is 5.07. The van der Waals surface area contributed by atoms with Crippen molar-refractivity contribution in [1.82, 2.24) is 10.3 Å². The molecule has 1 rings (SSSR count). The van der Waals surface area contributed by atoms with Gasteiger partial charge in [0.05, 0.1) is 11.9 Å². The van der Waals surface area contributed by atoms with E-state index < -0.39 is 0 Å². The first kappa shape index (κ1) is 10.3. The minimum atomic E-state index is 0.775. The molecule has 3 N–H and O–H groups in total. The van der Waals surface area contributed by atoms with E-state index >= 15 is 0 Å². The minimum Gasteiger partial charge on any atom is -0.397 e. The quantitative estimate of drug-likeness (QED) is 0.553. The van der Waals surface area contributed by atoms with Crippen LogP contribution >= 0.6 is 11.8 Å². The van der Waals surface area contributed by atoms with Crippen molar-refractivity contribution in [2.24, 2.45) is 0 Å². The van der Waals surface area contributed by atoms with Gasteiger partial charge in [-0.15, -0.1) is 11.8 Å². The molecule has 0 radical (unpaired) electrons. The van der Waals surface area contributed by atoms with Crippen molar-refractivity contribution in [1.29, 1.82) is 0 Å². The molecule has 0 aliphatic rings. The third-order valence-corrected chi connectivity index (χ3v) is 2.81. The normalized spacial score (nSPS) is 10.2. The SMILES string of the molecule is CNCCCSc1ccncc1N. The number of hydrogen-bond donors (Lipinski definition) is 2. The molecule has 0 bridgehead atoms. The van der Waals surface area contributed by atoms with Crippen LogP contribution in [0.25, 0.3) is 0 Å². The van der Waals surface area contributed by atoms with Gasteiger partial charge in [-0.25, -0.2) is 0 Å². The van der Waals surface area contributed by atoms with Crippen LogP contribution in [0.2, 0.25) is 0 Å². The molecular weight excluding hydrogens is 182 g/mol. The van der Waals surface area contributed by atoms with Crippen molar-refractivity contribution in [2.75, 3.05) is 25.1 Å². The van der Waals surface area contributed by atoms with Gasteiger partial charge in [0.25, 0.3) is 0 Å². The molecule has 0 aliphatic heterocycles. The number of hydrogen-bond acceptors (Lipinski definition) is 4. The summed E-state index contributed by atoms with van der Waals surface area (Å²) in [6.45, 7) is 1.05. The number of aromatic nitrogens is 1. The first-order valence-corrected chi connectivity index (χ1v) is 5.30. The fourth-order valence-electron chi connectivity index (χ4n) is 0.956. The number of pyridine rings is 1. The zero-order chi connectivity index (χ0) is 9.52. The fraction of sp³-hybridized carbons (Fsp3) is 0.444. The molecule has 4 heteroatoms. The Morgan fingerprint density at radius 2 is 2.46 bits per heavy atom. The van der Waals surface area contributed by atoms with Crippen LogP contribution in [0, 0.1) is 0 Å². The maximum absolute atomic E-state index is 5.74. The average molecular weight is 197 g/mol. The molecule has 0 spiro atoms. The Morgan fingerprint density at radius 1 is 1.62 bits per heavy atom. The second-order valence-electron chi connectivity index (χ2n) is 2.72.